The molecule has 4 heteroatoms. The minimum atomic E-state index is 0.647. The van der Waals surface area contributed by atoms with Gasteiger partial charge in [-0.3, -0.25) is 0 Å². The molecule has 0 saturated carbocycles. The Labute approximate surface area is 103 Å². The minimum absolute atomic E-state index is 0.647. The lowest BCUT2D eigenvalue weighted by atomic mass is 10.0. The van der Waals surface area contributed by atoms with Crippen LogP contribution in [0.4, 0.5) is 0 Å². The highest BCUT2D eigenvalue weighted by Gasteiger charge is 2.17. The molecule has 0 amide bonds. The third-order valence-electron chi connectivity index (χ3n) is 2.99. The number of ether oxygens (including phenoxy) is 1. The van der Waals surface area contributed by atoms with Crippen LogP contribution < -0.4 is 0 Å². The average molecular weight is 281 g/mol. The zero-order chi connectivity index (χ0) is 11.0. The quantitative estimate of drug-likeness (QED) is 0.846. The lowest BCUT2D eigenvalue weighted by Crippen LogP contribution is -2.03. The van der Waals surface area contributed by atoms with Crippen LogP contribution in [0.2, 0.25) is 0 Å². The van der Waals surface area contributed by atoms with Crippen molar-refractivity contribution in [1.29, 1.82) is 0 Å². The van der Waals surface area contributed by atoms with Crippen molar-refractivity contribution in [3.05, 3.63) is 34.7 Å². The van der Waals surface area contributed by atoms with Crippen LogP contribution >= 0.6 is 15.9 Å². The van der Waals surface area contributed by atoms with Crippen LogP contribution in [0, 0.1) is 5.92 Å². The number of hydrogen-bond donors (Lipinski definition) is 0. The highest BCUT2D eigenvalue weighted by atomic mass is 79.9. The number of hydrogen-bond acceptors (Lipinski definition) is 2. The van der Waals surface area contributed by atoms with Crippen LogP contribution in [0.25, 0.3) is 5.65 Å². The number of aromatic nitrogens is 2. The first kappa shape index (κ1) is 10.3. The fourth-order valence-electron chi connectivity index (χ4n) is 2.16. The molecule has 1 atom stereocenters. The minimum Gasteiger partial charge on any atom is -0.381 e. The first-order valence-corrected chi connectivity index (χ1v) is 6.31. The molecule has 16 heavy (non-hydrogen) atoms. The molecule has 1 aliphatic rings. The number of halogens is 1. The number of pyridine rings is 1. The SMILES string of the molecule is Brc1ccc2nc(CC3CCOC3)cn2c1. The van der Waals surface area contributed by atoms with Crippen molar-refractivity contribution < 1.29 is 4.74 Å². The fourth-order valence-corrected chi connectivity index (χ4v) is 2.51. The summed E-state index contributed by atoms with van der Waals surface area (Å²) in [6, 6.07) is 4.05. The maximum Gasteiger partial charge on any atom is 0.137 e. The van der Waals surface area contributed by atoms with Gasteiger partial charge in [0.2, 0.25) is 0 Å². The summed E-state index contributed by atoms with van der Waals surface area (Å²) in [7, 11) is 0. The van der Waals surface area contributed by atoms with Gasteiger partial charge in [0.25, 0.3) is 0 Å². The molecule has 1 unspecified atom stereocenters. The Morgan fingerprint density at radius 2 is 2.38 bits per heavy atom. The van der Waals surface area contributed by atoms with Crippen LogP contribution in [-0.4, -0.2) is 22.6 Å². The van der Waals surface area contributed by atoms with E-state index < -0.39 is 0 Å². The summed E-state index contributed by atoms with van der Waals surface area (Å²) >= 11 is 3.46. The van der Waals surface area contributed by atoms with Crippen LogP contribution in [-0.2, 0) is 11.2 Å². The lowest BCUT2D eigenvalue weighted by molar-refractivity contribution is 0.185. The average Bonchev–Trinajstić information content (AvgIpc) is 2.86. The highest BCUT2D eigenvalue weighted by molar-refractivity contribution is 9.10. The molecule has 1 aliphatic heterocycles. The van der Waals surface area contributed by atoms with Gasteiger partial charge in [-0.2, -0.15) is 0 Å². The van der Waals surface area contributed by atoms with Crippen molar-refractivity contribution in [3.8, 4) is 0 Å². The Hall–Kier alpha value is -0.870. The number of nitrogens with zero attached hydrogens (tertiary/aromatic N) is 2. The summed E-state index contributed by atoms with van der Waals surface area (Å²) in [6.45, 7) is 1.79. The van der Waals surface area contributed by atoms with Crippen molar-refractivity contribution >= 4 is 21.6 Å². The molecule has 0 radical (unpaired) electrons. The monoisotopic (exact) mass is 280 g/mol. The van der Waals surface area contributed by atoms with E-state index in [2.05, 4.69) is 31.5 Å². The first-order valence-electron chi connectivity index (χ1n) is 5.52. The van der Waals surface area contributed by atoms with E-state index in [1.54, 1.807) is 0 Å². The second-order valence-corrected chi connectivity index (χ2v) is 5.19. The van der Waals surface area contributed by atoms with Gasteiger partial charge in [-0.1, -0.05) is 0 Å². The van der Waals surface area contributed by atoms with E-state index in [1.807, 2.05) is 18.3 Å². The summed E-state index contributed by atoms with van der Waals surface area (Å²) in [4.78, 5) is 4.60. The van der Waals surface area contributed by atoms with Crippen LogP contribution in [0.1, 0.15) is 12.1 Å². The third kappa shape index (κ3) is 1.99. The van der Waals surface area contributed by atoms with Gasteiger partial charge >= 0.3 is 0 Å². The van der Waals surface area contributed by atoms with Gasteiger partial charge in [-0.25, -0.2) is 4.98 Å². The van der Waals surface area contributed by atoms with E-state index >= 15 is 0 Å². The number of imidazole rings is 1. The summed E-state index contributed by atoms with van der Waals surface area (Å²) in [5.74, 6) is 0.647. The van der Waals surface area contributed by atoms with E-state index in [0.717, 1.165) is 41.9 Å². The van der Waals surface area contributed by atoms with Crippen molar-refractivity contribution in [2.45, 2.75) is 12.8 Å². The Bertz CT molecular complexity index is 503. The fraction of sp³-hybridized carbons (Fsp3) is 0.417. The molecule has 3 rings (SSSR count). The molecule has 0 aromatic carbocycles. The Kier molecular flexibility index (Phi) is 2.69. The highest BCUT2D eigenvalue weighted by Crippen LogP contribution is 2.19. The molecule has 0 aliphatic carbocycles. The molecular weight excluding hydrogens is 268 g/mol. The Balaban J connectivity index is 1.86. The number of rotatable bonds is 2. The zero-order valence-electron chi connectivity index (χ0n) is 8.90. The lowest BCUT2D eigenvalue weighted by Gasteiger charge is -2.02. The van der Waals surface area contributed by atoms with Crippen LogP contribution in [0.5, 0.6) is 0 Å². The molecule has 1 fully saturated rings. The molecule has 0 bridgehead atoms. The molecule has 1 saturated heterocycles. The van der Waals surface area contributed by atoms with Crippen molar-refractivity contribution in [2.75, 3.05) is 13.2 Å². The predicted molar refractivity (Wildman–Crippen MR) is 65.5 cm³/mol. The largest absolute Gasteiger partial charge is 0.381 e. The topological polar surface area (TPSA) is 26.5 Å². The molecule has 3 nitrogen and oxygen atoms in total. The normalized spacial score (nSPS) is 20.7. The maximum atomic E-state index is 5.38. The number of fused-ring (bicyclic) bond motifs is 1. The Morgan fingerprint density at radius 3 is 3.19 bits per heavy atom. The van der Waals surface area contributed by atoms with E-state index in [4.69, 9.17) is 4.74 Å². The third-order valence-corrected chi connectivity index (χ3v) is 3.46. The van der Waals surface area contributed by atoms with E-state index in [9.17, 15) is 0 Å². The van der Waals surface area contributed by atoms with Gasteiger partial charge in [0.1, 0.15) is 5.65 Å². The van der Waals surface area contributed by atoms with Crippen molar-refractivity contribution in [2.24, 2.45) is 5.92 Å². The molecule has 3 heterocycles. The van der Waals surface area contributed by atoms with Crippen LogP contribution in [0.3, 0.4) is 0 Å². The smallest absolute Gasteiger partial charge is 0.137 e. The predicted octanol–water partition coefficient (Wildman–Crippen LogP) is 2.68. The molecular formula is C12H13BrN2O. The second kappa shape index (κ2) is 4.18. The van der Waals surface area contributed by atoms with Gasteiger partial charge in [-0.15, -0.1) is 0 Å². The summed E-state index contributed by atoms with van der Waals surface area (Å²) in [6.07, 6.45) is 6.34. The molecule has 84 valence electrons. The Morgan fingerprint density at radius 1 is 1.44 bits per heavy atom. The van der Waals surface area contributed by atoms with E-state index in [-0.39, 0.29) is 0 Å². The van der Waals surface area contributed by atoms with Gasteiger partial charge in [0, 0.05) is 30.1 Å². The maximum absolute atomic E-state index is 5.38. The van der Waals surface area contributed by atoms with Gasteiger partial charge < -0.3 is 9.14 Å². The van der Waals surface area contributed by atoms with Gasteiger partial charge in [-0.05, 0) is 46.8 Å². The first-order chi connectivity index (χ1) is 7.81. The second-order valence-electron chi connectivity index (χ2n) is 4.28. The molecule has 2 aromatic heterocycles. The van der Waals surface area contributed by atoms with E-state index in [0.29, 0.717) is 5.92 Å². The molecule has 0 spiro atoms. The van der Waals surface area contributed by atoms with E-state index in [1.165, 1.54) is 0 Å². The van der Waals surface area contributed by atoms with Crippen molar-refractivity contribution in [1.82, 2.24) is 9.38 Å². The zero-order valence-corrected chi connectivity index (χ0v) is 10.5. The van der Waals surface area contributed by atoms with Crippen molar-refractivity contribution in [3.63, 3.8) is 0 Å². The van der Waals surface area contributed by atoms with Gasteiger partial charge in [0.15, 0.2) is 0 Å². The standard InChI is InChI=1S/C12H13BrN2O/c13-10-1-2-12-14-11(7-15(12)6-10)5-9-3-4-16-8-9/h1-2,6-7,9H,3-5,8H2. The van der Waals surface area contributed by atoms with Gasteiger partial charge in [0.05, 0.1) is 5.69 Å². The summed E-state index contributed by atoms with van der Waals surface area (Å²) in [5, 5.41) is 0. The molecule has 2 aromatic rings. The van der Waals surface area contributed by atoms with Crippen LogP contribution in [0.15, 0.2) is 29.0 Å². The summed E-state index contributed by atoms with van der Waals surface area (Å²) < 4.78 is 8.52. The molecule has 0 N–H and O–H groups in total. The summed E-state index contributed by atoms with van der Waals surface area (Å²) in [5.41, 5.74) is 2.17.